The van der Waals surface area contributed by atoms with Crippen LogP contribution in [0.5, 0.6) is 17.2 Å². The van der Waals surface area contributed by atoms with E-state index in [0.29, 0.717) is 65.9 Å². The van der Waals surface area contributed by atoms with E-state index in [-0.39, 0.29) is 17.9 Å². The molecule has 4 heterocycles. The molecule has 3 fully saturated rings. The van der Waals surface area contributed by atoms with Crippen LogP contribution in [0.3, 0.4) is 0 Å². The number of carbonyl (C=O) groups is 2. The molecule has 8 rings (SSSR count). The number of pyridine rings is 2. The number of carbonyl (C=O) groups excluding carboxylic acids is 2. The van der Waals surface area contributed by atoms with Crippen LogP contribution in [-0.2, 0) is 11.3 Å². The first kappa shape index (κ1) is 34.3. The Balaban J connectivity index is 1.000. The van der Waals surface area contributed by atoms with Gasteiger partial charge in [-0.1, -0.05) is 18.2 Å². The van der Waals surface area contributed by atoms with E-state index in [1.807, 2.05) is 58.1 Å². The van der Waals surface area contributed by atoms with Crippen LogP contribution in [0.1, 0.15) is 59.5 Å². The predicted molar refractivity (Wildman–Crippen MR) is 204 cm³/mol. The highest BCUT2D eigenvalue weighted by Crippen LogP contribution is 2.40. The topological polar surface area (TPSA) is 127 Å². The van der Waals surface area contributed by atoms with Crippen LogP contribution in [0.2, 0.25) is 0 Å². The van der Waals surface area contributed by atoms with Gasteiger partial charge in [0, 0.05) is 61.8 Å². The van der Waals surface area contributed by atoms with Crippen molar-refractivity contribution in [3.8, 4) is 17.2 Å². The van der Waals surface area contributed by atoms with Crippen molar-refractivity contribution < 1.29 is 19.1 Å². The highest BCUT2D eigenvalue weighted by atomic mass is 16.5. The highest BCUT2D eigenvalue weighted by Gasteiger charge is 2.29. The van der Waals surface area contributed by atoms with E-state index in [9.17, 15) is 9.59 Å². The first-order chi connectivity index (χ1) is 25.9. The molecule has 2 saturated carbocycles. The minimum absolute atomic E-state index is 0.000616. The molecule has 5 aromatic rings. The molecule has 2 aliphatic carbocycles. The number of nitrogens with one attached hydrogen (secondary N) is 2. The number of likely N-dealkylation sites (N-methyl/N-ethyl adjacent to an activating group) is 1. The van der Waals surface area contributed by atoms with E-state index >= 15 is 0 Å². The van der Waals surface area contributed by atoms with Crippen molar-refractivity contribution in [1.82, 2.24) is 29.5 Å². The fraction of sp³-hybridized carbons (Fsp3) is 0.341. The van der Waals surface area contributed by atoms with Gasteiger partial charge in [-0.25, -0.2) is 14.6 Å². The van der Waals surface area contributed by atoms with Gasteiger partial charge in [0.2, 0.25) is 5.91 Å². The lowest BCUT2D eigenvalue weighted by molar-refractivity contribution is -0.125. The molecule has 1 unspecified atom stereocenters. The van der Waals surface area contributed by atoms with Gasteiger partial charge in [0.25, 0.3) is 5.91 Å². The zero-order valence-electron chi connectivity index (χ0n) is 30.1. The summed E-state index contributed by atoms with van der Waals surface area (Å²) in [4.78, 5) is 39.3. The van der Waals surface area contributed by atoms with E-state index < -0.39 is 0 Å². The normalized spacial score (nSPS) is 17.1. The van der Waals surface area contributed by atoms with Crippen molar-refractivity contribution in [1.29, 1.82) is 0 Å². The molecule has 3 aliphatic rings. The monoisotopic (exact) mass is 712 g/mol. The Kier molecular flexibility index (Phi) is 9.77. The maximum Gasteiger partial charge on any atom is 0.256 e. The van der Waals surface area contributed by atoms with Crippen molar-refractivity contribution in [3.05, 3.63) is 108 Å². The first-order valence-corrected chi connectivity index (χ1v) is 18.4. The standard InChI is InChI=1S/C41H44N8O4/c1-47(32-11-12-32)22-3-4-37(50)48-23-19-31(26-48)44-39-38-35(18-21-43-40(38)49(46-39)25-27-5-13-33(52-2)14-6-27)53-34-15-9-29(10-16-34)41(51)45-36-24-30(17-20-42-36)28-7-8-28/h3-6,9-10,13-18,20-21,24,28,31-32H,7-8,11-12,19,22-23,25-26H2,1-2H3,(H,44,46)(H,42,45,51). The van der Waals surface area contributed by atoms with Gasteiger partial charge in [0.1, 0.15) is 28.5 Å². The van der Waals surface area contributed by atoms with E-state index in [1.165, 1.54) is 31.2 Å². The zero-order valence-corrected chi connectivity index (χ0v) is 30.1. The summed E-state index contributed by atoms with van der Waals surface area (Å²) < 4.78 is 13.7. The van der Waals surface area contributed by atoms with E-state index in [1.54, 1.807) is 49.8 Å². The van der Waals surface area contributed by atoms with Crippen LogP contribution in [-0.4, -0.2) is 87.2 Å². The molecule has 2 amide bonds. The van der Waals surface area contributed by atoms with Crippen molar-refractivity contribution in [2.75, 3.05) is 44.4 Å². The number of aromatic nitrogens is 4. The molecule has 1 atom stereocenters. The number of hydrogen-bond acceptors (Lipinski definition) is 9. The average molecular weight is 713 g/mol. The number of rotatable bonds is 14. The summed E-state index contributed by atoms with van der Waals surface area (Å²) in [7, 11) is 3.75. The smallest absolute Gasteiger partial charge is 0.256 e. The van der Waals surface area contributed by atoms with E-state index in [2.05, 4.69) is 27.6 Å². The summed E-state index contributed by atoms with van der Waals surface area (Å²) in [6, 6.07) is 21.3. The molecule has 2 N–H and O–H groups in total. The minimum Gasteiger partial charge on any atom is -0.497 e. The largest absolute Gasteiger partial charge is 0.497 e. The SMILES string of the molecule is COc1ccc(Cn2nc(NC3CCN(C(=O)C=CCN(C)C4CC4)C3)c3c(Oc4ccc(C(=O)Nc5cc(C6CC6)ccn5)cc4)ccnc32)cc1. The lowest BCUT2D eigenvalue weighted by Crippen LogP contribution is -2.30. The number of anilines is 2. The van der Waals surface area contributed by atoms with Crippen LogP contribution < -0.4 is 20.1 Å². The van der Waals surface area contributed by atoms with Crippen LogP contribution in [0.4, 0.5) is 11.6 Å². The summed E-state index contributed by atoms with van der Waals surface area (Å²) >= 11 is 0. The number of methoxy groups -OCH3 is 1. The van der Waals surface area contributed by atoms with Crippen LogP contribution in [0.25, 0.3) is 11.0 Å². The lowest BCUT2D eigenvalue weighted by atomic mass is 10.1. The molecular weight excluding hydrogens is 669 g/mol. The molecular formula is C41H44N8O4. The van der Waals surface area contributed by atoms with Gasteiger partial charge in [-0.3, -0.25) is 14.5 Å². The molecule has 2 aromatic carbocycles. The number of fused-ring (bicyclic) bond motifs is 1. The van der Waals surface area contributed by atoms with Crippen molar-refractivity contribution in [2.24, 2.45) is 0 Å². The Morgan fingerprint density at radius 1 is 0.943 bits per heavy atom. The van der Waals surface area contributed by atoms with Crippen molar-refractivity contribution in [2.45, 2.75) is 56.7 Å². The van der Waals surface area contributed by atoms with Crippen LogP contribution in [0.15, 0.2) is 91.3 Å². The third-order valence-electron chi connectivity index (χ3n) is 10.2. The number of nitrogens with zero attached hydrogens (tertiary/aromatic N) is 6. The number of amides is 2. The molecule has 0 radical (unpaired) electrons. The predicted octanol–water partition coefficient (Wildman–Crippen LogP) is 6.47. The zero-order chi connectivity index (χ0) is 36.3. The molecule has 1 saturated heterocycles. The van der Waals surface area contributed by atoms with Gasteiger partial charge in [-0.05, 0) is 105 Å². The second kappa shape index (κ2) is 15.1. The Labute approximate surface area is 308 Å². The third kappa shape index (κ3) is 8.18. The fourth-order valence-electron chi connectivity index (χ4n) is 6.81. The van der Waals surface area contributed by atoms with Gasteiger partial charge in [-0.15, -0.1) is 0 Å². The number of benzene rings is 2. The Bertz CT molecular complexity index is 2120. The average Bonchev–Trinajstić information content (AvgIpc) is 4.12. The summed E-state index contributed by atoms with van der Waals surface area (Å²) in [6.07, 6.45) is 12.8. The summed E-state index contributed by atoms with van der Waals surface area (Å²) in [5, 5.41) is 12.3. The second-order valence-electron chi connectivity index (χ2n) is 14.2. The lowest BCUT2D eigenvalue weighted by Gasteiger charge is -2.16. The van der Waals surface area contributed by atoms with Gasteiger partial charge in [0.15, 0.2) is 11.5 Å². The molecule has 0 bridgehead atoms. The summed E-state index contributed by atoms with van der Waals surface area (Å²) in [5.74, 6) is 3.47. The number of ether oxygens (including phenoxy) is 2. The number of hydrogen-bond donors (Lipinski definition) is 2. The van der Waals surface area contributed by atoms with Gasteiger partial charge < -0.3 is 25.0 Å². The highest BCUT2D eigenvalue weighted by molar-refractivity contribution is 6.04. The van der Waals surface area contributed by atoms with Crippen molar-refractivity contribution >= 4 is 34.5 Å². The molecule has 1 aliphatic heterocycles. The van der Waals surface area contributed by atoms with Gasteiger partial charge in [0.05, 0.1) is 13.7 Å². The van der Waals surface area contributed by atoms with Crippen LogP contribution in [0, 0.1) is 0 Å². The first-order valence-electron chi connectivity index (χ1n) is 18.4. The third-order valence-corrected chi connectivity index (χ3v) is 10.2. The Hall–Kier alpha value is -5.75. The van der Waals surface area contributed by atoms with E-state index in [0.717, 1.165) is 29.7 Å². The molecule has 12 nitrogen and oxygen atoms in total. The summed E-state index contributed by atoms with van der Waals surface area (Å²) in [6.45, 7) is 2.49. The maximum absolute atomic E-state index is 13.1. The fourth-order valence-corrected chi connectivity index (χ4v) is 6.81. The van der Waals surface area contributed by atoms with Crippen molar-refractivity contribution in [3.63, 3.8) is 0 Å². The Morgan fingerprint density at radius 3 is 2.47 bits per heavy atom. The maximum atomic E-state index is 13.1. The molecule has 0 spiro atoms. The molecule has 3 aromatic heterocycles. The minimum atomic E-state index is -0.236. The quantitative estimate of drug-likeness (QED) is 0.125. The Morgan fingerprint density at radius 2 is 1.72 bits per heavy atom. The van der Waals surface area contributed by atoms with Gasteiger partial charge in [-0.2, -0.15) is 5.10 Å². The van der Waals surface area contributed by atoms with Gasteiger partial charge >= 0.3 is 0 Å². The van der Waals surface area contributed by atoms with Crippen LogP contribution >= 0.6 is 0 Å². The molecule has 53 heavy (non-hydrogen) atoms. The van der Waals surface area contributed by atoms with E-state index in [4.69, 9.17) is 19.6 Å². The molecule has 12 heteroatoms. The number of likely N-dealkylation sites (tertiary alicyclic amines) is 1. The summed E-state index contributed by atoms with van der Waals surface area (Å²) in [5.41, 5.74) is 3.40. The molecule has 272 valence electrons. The second-order valence-corrected chi connectivity index (χ2v) is 14.2.